The standard InChI is InChI=1S/C17H14FN3O2S/c1-11(22)19-15-4-2-3-13(9-15)16-20-21-17(23-16)24-10-12-5-7-14(18)8-6-12/h2-9H,10H2,1H3,(H,19,22). The molecule has 2 aromatic carbocycles. The van der Waals surface area contributed by atoms with Crippen LogP contribution in [0.5, 0.6) is 0 Å². The summed E-state index contributed by atoms with van der Waals surface area (Å²) in [6.07, 6.45) is 0. The number of aromatic nitrogens is 2. The van der Waals surface area contributed by atoms with Crippen LogP contribution in [0.2, 0.25) is 0 Å². The maximum absolute atomic E-state index is 12.9. The Kier molecular flexibility index (Phi) is 4.90. The van der Waals surface area contributed by atoms with E-state index in [1.54, 1.807) is 30.3 Å². The number of hydrogen-bond donors (Lipinski definition) is 1. The fraction of sp³-hybridized carbons (Fsp3) is 0.118. The van der Waals surface area contributed by atoms with Crippen molar-refractivity contribution >= 4 is 23.4 Å². The van der Waals surface area contributed by atoms with Crippen molar-refractivity contribution < 1.29 is 13.6 Å². The van der Waals surface area contributed by atoms with E-state index in [1.165, 1.54) is 30.8 Å². The summed E-state index contributed by atoms with van der Waals surface area (Å²) >= 11 is 1.38. The number of benzene rings is 2. The summed E-state index contributed by atoms with van der Waals surface area (Å²) in [7, 11) is 0. The van der Waals surface area contributed by atoms with Gasteiger partial charge in [-0.1, -0.05) is 30.0 Å². The van der Waals surface area contributed by atoms with Crippen LogP contribution in [0, 0.1) is 5.82 Å². The molecule has 1 aromatic heterocycles. The summed E-state index contributed by atoms with van der Waals surface area (Å²) in [6.45, 7) is 1.45. The lowest BCUT2D eigenvalue weighted by atomic mass is 10.2. The highest BCUT2D eigenvalue weighted by molar-refractivity contribution is 7.98. The number of nitrogens with one attached hydrogen (secondary N) is 1. The van der Waals surface area contributed by atoms with Gasteiger partial charge in [0, 0.05) is 23.9 Å². The van der Waals surface area contributed by atoms with E-state index in [9.17, 15) is 9.18 Å². The number of carbonyl (C=O) groups excluding carboxylic acids is 1. The largest absolute Gasteiger partial charge is 0.411 e. The third kappa shape index (κ3) is 4.20. The summed E-state index contributed by atoms with van der Waals surface area (Å²) < 4.78 is 18.5. The zero-order valence-electron chi connectivity index (χ0n) is 12.8. The summed E-state index contributed by atoms with van der Waals surface area (Å²) in [5, 5.41) is 11.2. The first-order valence-corrected chi connectivity index (χ1v) is 8.17. The molecule has 1 heterocycles. The van der Waals surface area contributed by atoms with E-state index in [2.05, 4.69) is 15.5 Å². The van der Waals surface area contributed by atoms with Gasteiger partial charge in [0.2, 0.25) is 11.8 Å². The molecular weight excluding hydrogens is 329 g/mol. The highest BCUT2D eigenvalue weighted by Crippen LogP contribution is 2.27. The Morgan fingerprint density at radius 3 is 2.75 bits per heavy atom. The van der Waals surface area contributed by atoms with Crippen molar-refractivity contribution in [2.24, 2.45) is 0 Å². The molecule has 0 spiro atoms. The number of amides is 1. The lowest BCUT2D eigenvalue weighted by Gasteiger charge is -2.02. The van der Waals surface area contributed by atoms with Crippen LogP contribution in [0.25, 0.3) is 11.5 Å². The fourth-order valence-electron chi connectivity index (χ4n) is 2.04. The summed E-state index contributed by atoms with van der Waals surface area (Å²) in [6, 6.07) is 13.5. The molecule has 0 radical (unpaired) electrons. The molecule has 0 aliphatic carbocycles. The molecule has 0 unspecified atom stereocenters. The molecule has 24 heavy (non-hydrogen) atoms. The van der Waals surface area contributed by atoms with Gasteiger partial charge >= 0.3 is 0 Å². The van der Waals surface area contributed by atoms with Gasteiger partial charge in [-0.25, -0.2) is 4.39 Å². The van der Waals surface area contributed by atoms with Crippen molar-refractivity contribution in [2.45, 2.75) is 17.9 Å². The van der Waals surface area contributed by atoms with Gasteiger partial charge in [0.15, 0.2) is 0 Å². The predicted molar refractivity (Wildman–Crippen MR) is 90.0 cm³/mol. The summed E-state index contributed by atoms with van der Waals surface area (Å²) in [4.78, 5) is 11.1. The Morgan fingerprint density at radius 2 is 2.00 bits per heavy atom. The number of halogens is 1. The number of anilines is 1. The van der Waals surface area contributed by atoms with Crippen LogP contribution in [-0.2, 0) is 10.5 Å². The van der Waals surface area contributed by atoms with Crippen LogP contribution in [-0.4, -0.2) is 16.1 Å². The number of thioether (sulfide) groups is 1. The number of rotatable bonds is 5. The lowest BCUT2D eigenvalue weighted by molar-refractivity contribution is -0.114. The third-order valence-corrected chi connectivity index (χ3v) is 4.00. The average Bonchev–Trinajstić information content (AvgIpc) is 3.03. The molecule has 0 aliphatic heterocycles. The molecule has 0 saturated carbocycles. The van der Waals surface area contributed by atoms with Gasteiger partial charge in [0.1, 0.15) is 5.82 Å². The van der Waals surface area contributed by atoms with Crippen LogP contribution in [0.1, 0.15) is 12.5 Å². The minimum Gasteiger partial charge on any atom is -0.411 e. The fourth-order valence-corrected chi connectivity index (χ4v) is 2.76. The van der Waals surface area contributed by atoms with Crippen LogP contribution >= 0.6 is 11.8 Å². The van der Waals surface area contributed by atoms with Crippen molar-refractivity contribution in [3.05, 3.63) is 59.9 Å². The van der Waals surface area contributed by atoms with Crippen molar-refractivity contribution in [1.29, 1.82) is 0 Å². The van der Waals surface area contributed by atoms with Gasteiger partial charge in [0.05, 0.1) is 0 Å². The molecule has 7 heteroatoms. The lowest BCUT2D eigenvalue weighted by Crippen LogP contribution is -2.05. The second-order valence-corrected chi connectivity index (χ2v) is 5.98. The molecule has 3 rings (SSSR count). The average molecular weight is 343 g/mol. The highest BCUT2D eigenvalue weighted by atomic mass is 32.2. The molecular formula is C17H14FN3O2S. The molecule has 1 N–H and O–H groups in total. The van der Waals surface area contributed by atoms with Crippen LogP contribution in [0.4, 0.5) is 10.1 Å². The Labute approximate surface area is 142 Å². The van der Waals surface area contributed by atoms with Crippen molar-refractivity contribution in [3.63, 3.8) is 0 Å². The van der Waals surface area contributed by atoms with Gasteiger partial charge in [-0.3, -0.25) is 4.79 Å². The van der Waals surface area contributed by atoms with E-state index < -0.39 is 0 Å². The minimum atomic E-state index is -0.261. The van der Waals surface area contributed by atoms with E-state index in [0.717, 1.165) is 11.1 Å². The maximum atomic E-state index is 12.9. The van der Waals surface area contributed by atoms with E-state index in [4.69, 9.17) is 4.42 Å². The monoisotopic (exact) mass is 343 g/mol. The van der Waals surface area contributed by atoms with E-state index in [-0.39, 0.29) is 11.7 Å². The Bertz CT molecular complexity index is 849. The summed E-state index contributed by atoms with van der Waals surface area (Å²) in [5.41, 5.74) is 2.36. The molecule has 5 nitrogen and oxygen atoms in total. The molecule has 0 aliphatic rings. The van der Waals surface area contributed by atoms with E-state index >= 15 is 0 Å². The molecule has 1 amide bonds. The first-order chi connectivity index (χ1) is 11.6. The van der Waals surface area contributed by atoms with Crippen LogP contribution in [0.15, 0.2) is 58.2 Å². The molecule has 0 fully saturated rings. The smallest absolute Gasteiger partial charge is 0.277 e. The maximum Gasteiger partial charge on any atom is 0.277 e. The summed E-state index contributed by atoms with van der Waals surface area (Å²) in [5.74, 6) is 0.577. The SMILES string of the molecule is CC(=O)Nc1cccc(-c2nnc(SCc3ccc(F)cc3)o2)c1. The normalized spacial score (nSPS) is 10.6. The van der Waals surface area contributed by atoms with Crippen molar-refractivity contribution in [3.8, 4) is 11.5 Å². The predicted octanol–water partition coefficient (Wildman–Crippen LogP) is 4.13. The zero-order valence-corrected chi connectivity index (χ0v) is 13.6. The van der Waals surface area contributed by atoms with Crippen molar-refractivity contribution in [2.75, 3.05) is 5.32 Å². The third-order valence-electron chi connectivity index (χ3n) is 3.11. The second-order valence-electron chi connectivity index (χ2n) is 5.05. The molecule has 0 atom stereocenters. The Morgan fingerprint density at radius 1 is 1.21 bits per heavy atom. The molecule has 122 valence electrons. The zero-order chi connectivity index (χ0) is 16.9. The van der Waals surface area contributed by atoms with Crippen LogP contribution < -0.4 is 5.32 Å². The quantitative estimate of drug-likeness (QED) is 0.706. The van der Waals surface area contributed by atoms with Crippen LogP contribution in [0.3, 0.4) is 0 Å². The van der Waals surface area contributed by atoms with Gasteiger partial charge in [0.25, 0.3) is 5.22 Å². The minimum absolute atomic E-state index is 0.145. The van der Waals surface area contributed by atoms with Gasteiger partial charge in [-0.2, -0.15) is 0 Å². The number of hydrogen-bond acceptors (Lipinski definition) is 5. The molecule has 0 bridgehead atoms. The molecule has 3 aromatic rings. The van der Waals surface area contributed by atoms with Gasteiger partial charge in [-0.15, -0.1) is 10.2 Å². The number of nitrogens with zero attached hydrogens (tertiary/aromatic N) is 2. The number of carbonyl (C=O) groups is 1. The first kappa shape index (κ1) is 16.2. The molecule has 0 saturated heterocycles. The Balaban J connectivity index is 1.69. The topological polar surface area (TPSA) is 68.0 Å². The Hall–Kier alpha value is -2.67. The van der Waals surface area contributed by atoms with E-state index in [1.807, 2.05) is 6.07 Å². The van der Waals surface area contributed by atoms with Crippen molar-refractivity contribution in [1.82, 2.24) is 10.2 Å². The van der Waals surface area contributed by atoms with Gasteiger partial charge in [-0.05, 0) is 35.9 Å². The van der Waals surface area contributed by atoms with Gasteiger partial charge < -0.3 is 9.73 Å². The second kappa shape index (κ2) is 7.27. The van der Waals surface area contributed by atoms with E-state index in [0.29, 0.717) is 22.6 Å². The first-order valence-electron chi connectivity index (χ1n) is 7.19. The highest BCUT2D eigenvalue weighted by Gasteiger charge is 2.10.